The maximum Gasteiger partial charge on any atom is 0.331 e. The number of carboxylic acids is 1. The average molecular weight is 329 g/mol. The Morgan fingerprint density at radius 1 is 1.39 bits per heavy atom. The Hall–Kier alpha value is -2.22. The molecule has 2 N–H and O–H groups in total. The zero-order valence-corrected chi connectivity index (χ0v) is 12.3. The molecule has 0 saturated carbocycles. The van der Waals surface area contributed by atoms with Crippen molar-refractivity contribution >= 4 is 11.9 Å². The SMILES string of the molecule is O=C(CCCOc1ccc(F)cc1F)NC1(C(=O)O)CCOC1. The molecular formula is C15H17F2NO5. The molecule has 1 aliphatic heterocycles. The van der Waals surface area contributed by atoms with Gasteiger partial charge in [-0.05, 0) is 18.6 Å². The van der Waals surface area contributed by atoms with Gasteiger partial charge in [-0.3, -0.25) is 4.79 Å². The van der Waals surface area contributed by atoms with Crippen molar-refractivity contribution in [3.8, 4) is 5.75 Å². The van der Waals surface area contributed by atoms with Gasteiger partial charge in [-0.1, -0.05) is 0 Å². The van der Waals surface area contributed by atoms with E-state index in [4.69, 9.17) is 9.47 Å². The highest BCUT2D eigenvalue weighted by Gasteiger charge is 2.43. The fraction of sp³-hybridized carbons (Fsp3) is 0.467. The summed E-state index contributed by atoms with van der Waals surface area (Å²) < 4.78 is 36.2. The standard InChI is InChI=1S/C15H17F2NO5/c16-10-3-4-12(11(17)8-10)23-6-1-2-13(19)18-15(14(20)21)5-7-22-9-15/h3-4,8H,1-2,5-7,9H2,(H,18,19)(H,20,21). The third-order valence-electron chi connectivity index (χ3n) is 3.51. The van der Waals surface area contributed by atoms with Crippen LogP contribution in [0.15, 0.2) is 18.2 Å². The molecule has 1 saturated heterocycles. The van der Waals surface area contributed by atoms with Gasteiger partial charge in [-0.15, -0.1) is 0 Å². The van der Waals surface area contributed by atoms with Crippen molar-refractivity contribution in [1.29, 1.82) is 0 Å². The van der Waals surface area contributed by atoms with Gasteiger partial charge in [0.1, 0.15) is 5.82 Å². The minimum absolute atomic E-state index is 0.0256. The minimum Gasteiger partial charge on any atom is -0.491 e. The minimum atomic E-state index is -1.37. The molecule has 0 aromatic heterocycles. The van der Waals surface area contributed by atoms with Crippen LogP contribution in [-0.4, -0.2) is 42.3 Å². The summed E-state index contributed by atoms with van der Waals surface area (Å²) >= 11 is 0. The van der Waals surface area contributed by atoms with Crippen molar-refractivity contribution in [2.75, 3.05) is 19.8 Å². The smallest absolute Gasteiger partial charge is 0.331 e. The Bertz CT molecular complexity index is 587. The molecule has 1 amide bonds. The van der Waals surface area contributed by atoms with Crippen LogP contribution in [0.1, 0.15) is 19.3 Å². The van der Waals surface area contributed by atoms with E-state index in [-0.39, 0.29) is 44.8 Å². The van der Waals surface area contributed by atoms with Gasteiger partial charge in [-0.2, -0.15) is 0 Å². The summed E-state index contributed by atoms with van der Waals surface area (Å²) in [5.41, 5.74) is -1.37. The van der Waals surface area contributed by atoms with Crippen molar-refractivity contribution in [2.24, 2.45) is 0 Å². The van der Waals surface area contributed by atoms with E-state index in [0.717, 1.165) is 6.07 Å². The number of halogens is 2. The van der Waals surface area contributed by atoms with Crippen molar-refractivity contribution in [1.82, 2.24) is 5.32 Å². The fourth-order valence-corrected chi connectivity index (χ4v) is 2.22. The second kappa shape index (κ2) is 7.36. The number of aliphatic carboxylic acids is 1. The van der Waals surface area contributed by atoms with Crippen LogP contribution >= 0.6 is 0 Å². The van der Waals surface area contributed by atoms with Gasteiger partial charge in [0.05, 0.1) is 13.2 Å². The van der Waals surface area contributed by atoms with Gasteiger partial charge in [-0.25, -0.2) is 13.6 Å². The molecule has 0 aliphatic carbocycles. The van der Waals surface area contributed by atoms with Crippen LogP contribution in [0.4, 0.5) is 8.78 Å². The Kier molecular flexibility index (Phi) is 5.49. The number of carbonyl (C=O) groups excluding carboxylic acids is 1. The van der Waals surface area contributed by atoms with Crippen LogP contribution in [0.5, 0.6) is 5.75 Å². The largest absolute Gasteiger partial charge is 0.491 e. The molecule has 2 rings (SSSR count). The van der Waals surface area contributed by atoms with Gasteiger partial charge in [0.15, 0.2) is 17.1 Å². The van der Waals surface area contributed by atoms with Crippen molar-refractivity contribution in [2.45, 2.75) is 24.8 Å². The van der Waals surface area contributed by atoms with E-state index < -0.39 is 29.0 Å². The first-order valence-corrected chi connectivity index (χ1v) is 7.13. The first-order chi connectivity index (χ1) is 10.9. The predicted molar refractivity (Wildman–Crippen MR) is 75.0 cm³/mol. The molecule has 1 aromatic rings. The van der Waals surface area contributed by atoms with E-state index in [2.05, 4.69) is 5.32 Å². The third-order valence-corrected chi connectivity index (χ3v) is 3.51. The highest BCUT2D eigenvalue weighted by atomic mass is 19.1. The van der Waals surface area contributed by atoms with Gasteiger partial charge in [0, 0.05) is 25.5 Å². The number of benzene rings is 1. The Labute approximate surface area is 131 Å². The first-order valence-electron chi connectivity index (χ1n) is 7.13. The number of ether oxygens (including phenoxy) is 2. The highest BCUT2D eigenvalue weighted by molar-refractivity contribution is 5.87. The average Bonchev–Trinajstić information content (AvgIpc) is 2.95. The van der Waals surface area contributed by atoms with Crippen LogP contribution < -0.4 is 10.1 Å². The topological polar surface area (TPSA) is 84.9 Å². The highest BCUT2D eigenvalue weighted by Crippen LogP contribution is 2.20. The number of amides is 1. The van der Waals surface area contributed by atoms with Crippen LogP contribution in [-0.2, 0) is 14.3 Å². The summed E-state index contributed by atoms with van der Waals surface area (Å²) in [5, 5.41) is 11.7. The second-order valence-electron chi connectivity index (χ2n) is 5.26. The molecule has 1 aliphatic rings. The molecule has 6 nitrogen and oxygen atoms in total. The predicted octanol–water partition coefficient (Wildman–Crippen LogP) is 1.48. The van der Waals surface area contributed by atoms with E-state index in [9.17, 15) is 23.5 Å². The van der Waals surface area contributed by atoms with Gasteiger partial charge >= 0.3 is 5.97 Å². The number of nitrogens with one attached hydrogen (secondary N) is 1. The monoisotopic (exact) mass is 329 g/mol. The van der Waals surface area contributed by atoms with Crippen LogP contribution in [0, 0.1) is 11.6 Å². The number of rotatable bonds is 7. The molecular weight excluding hydrogens is 312 g/mol. The van der Waals surface area contributed by atoms with E-state index in [0.29, 0.717) is 6.07 Å². The molecule has 0 radical (unpaired) electrons. The zero-order valence-electron chi connectivity index (χ0n) is 12.3. The lowest BCUT2D eigenvalue weighted by Gasteiger charge is -2.23. The Morgan fingerprint density at radius 2 is 2.17 bits per heavy atom. The number of carbonyl (C=O) groups is 2. The van der Waals surface area contributed by atoms with Crippen molar-refractivity contribution < 1.29 is 33.0 Å². The summed E-state index contributed by atoms with van der Waals surface area (Å²) in [5.74, 6) is -3.19. The van der Waals surface area contributed by atoms with E-state index in [1.54, 1.807) is 0 Å². The summed E-state index contributed by atoms with van der Waals surface area (Å²) in [6.45, 7) is 0.261. The number of hydrogen-bond donors (Lipinski definition) is 2. The van der Waals surface area contributed by atoms with Crippen molar-refractivity contribution in [3.05, 3.63) is 29.8 Å². The summed E-state index contributed by atoms with van der Waals surface area (Å²) in [7, 11) is 0. The lowest BCUT2D eigenvalue weighted by atomic mass is 9.99. The molecule has 1 heterocycles. The summed E-state index contributed by atoms with van der Waals surface area (Å²) in [6, 6.07) is 2.95. The third kappa shape index (κ3) is 4.38. The molecule has 1 atom stereocenters. The normalized spacial score (nSPS) is 20.3. The summed E-state index contributed by atoms with van der Waals surface area (Å²) in [6.07, 6.45) is 0.502. The van der Waals surface area contributed by atoms with Gasteiger partial charge < -0.3 is 19.9 Å². The molecule has 1 unspecified atom stereocenters. The van der Waals surface area contributed by atoms with E-state index in [1.165, 1.54) is 6.07 Å². The van der Waals surface area contributed by atoms with Gasteiger partial charge in [0.25, 0.3) is 0 Å². The number of hydrogen-bond acceptors (Lipinski definition) is 4. The quantitative estimate of drug-likeness (QED) is 0.740. The molecule has 0 spiro atoms. The lowest BCUT2D eigenvalue weighted by molar-refractivity contribution is -0.147. The lowest BCUT2D eigenvalue weighted by Crippen LogP contribution is -2.55. The van der Waals surface area contributed by atoms with E-state index >= 15 is 0 Å². The number of carboxylic acid groups (broad SMARTS) is 1. The van der Waals surface area contributed by atoms with Crippen molar-refractivity contribution in [3.63, 3.8) is 0 Å². The van der Waals surface area contributed by atoms with Crippen LogP contribution in [0.3, 0.4) is 0 Å². The Morgan fingerprint density at radius 3 is 2.78 bits per heavy atom. The molecule has 8 heteroatoms. The summed E-state index contributed by atoms with van der Waals surface area (Å²) in [4.78, 5) is 23.1. The Balaban J connectivity index is 1.75. The molecule has 1 aromatic carbocycles. The maximum atomic E-state index is 13.3. The van der Waals surface area contributed by atoms with Gasteiger partial charge in [0.2, 0.25) is 5.91 Å². The molecule has 126 valence electrons. The molecule has 0 bridgehead atoms. The van der Waals surface area contributed by atoms with E-state index in [1.807, 2.05) is 0 Å². The maximum absolute atomic E-state index is 13.3. The molecule has 1 fully saturated rings. The first kappa shape index (κ1) is 17.1. The fourth-order valence-electron chi connectivity index (χ4n) is 2.22. The van der Waals surface area contributed by atoms with Crippen LogP contribution in [0.25, 0.3) is 0 Å². The second-order valence-corrected chi connectivity index (χ2v) is 5.26. The van der Waals surface area contributed by atoms with Crippen LogP contribution in [0.2, 0.25) is 0 Å². The molecule has 23 heavy (non-hydrogen) atoms. The zero-order chi connectivity index (χ0) is 16.9.